The van der Waals surface area contributed by atoms with Crippen molar-refractivity contribution in [2.45, 2.75) is 6.61 Å². The van der Waals surface area contributed by atoms with Gasteiger partial charge in [-0.25, -0.2) is 4.79 Å². The average molecular weight is 283 g/mol. The molecule has 0 aliphatic carbocycles. The van der Waals surface area contributed by atoms with E-state index in [2.05, 4.69) is 4.74 Å². The highest BCUT2D eigenvalue weighted by Gasteiger charge is 2.14. The number of methoxy groups -OCH3 is 1. The van der Waals surface area contributed by atoms with E-state index < -0.39 is 0 Å². The van der Waals surface area contributed by atoms with Crippen LogP contribution in [0.15, 0.2) is 35.7 Å². The first kappa shape index (κ1) is 12.9. The van der Waals surface area contributed by atoms with Gasteiger partial charge in [0.2, 0.25) is 0 Å². The van der Waals surface area contributed by atoms with Crippen LogP contribution >= 0.6 is 22.9 Å². The first-order valence-electron chi connectivity index (χ1n) is 5.24. The number of rotatable bonds is 4. The number of esters is 1. The Morgan fingerprint density at radius 1 is 1.39 bits per heavy atom. The molecule has 0 unspecified atom stereocenters. The van der Waals surface area contributed by atoms with Gasteiger partial charge in [-0.1, -0.05) is 23.7 Å². The van der Waals surface area contributed by atoms with Crippen LogP contribution in [0.4, 0.5) is 0 Å². The maximum absolute atomic E-state index is 11.4. The molecule has 2 aromatic rings. The number of ether oxygens (including phenoxy) is 2. The van der Waals surface area contributed by atoms with Gasteiger partial charge in [0.05, 0.1) is 7.11 Å². The number of hydrogen-bond donors (Lipinski definition) is 0. The summed E-state index contributed by atoms with van der Waals surface area (Å²) in [5, 5.41) is 2.45. The molecule has 2 rings (SSSR count). The number of carbonyl (C=O) groups excluding carboxylic acids is 1. The highest BCUT2D eigenvalue weighted by atomic mass is 35.5. The Hall–Kier alpha value is -1.52. The van der Waals surface area contributed by atoms with Crippen molar-refractivity contribution in [1.82, 2.24) is 0 Å². The van der Waals surface area contributed by atoms with Gasteiger partial charge in [0.25, 0.3) is 0 Å². The zero-order valence-corrected chi connectivity index (χ0v) is 11.3. The van der Waals surface area contributed by atoms with E-state index in [-0.39, 0.29) is 5.97 Å². The summed E-state index contributed by atoms with van der Waals surface area (Å²) in [6.45, 7) is 0.362. The molecule has 0 N–H and O–H groups in total. The van der Waals surface area contributed by atoms with Crippen molar-refractivity contribution in [3.63, 3.8) is 0 Å². The van der Waals surface area contributed by atoms with E-state index in [4.69, 9.17) is 16.3 Å². The Morgan fingerprint density at radius 3 is 2.94 bits per heavy atom. The largest absolute Gasteiger partial charge is 0.487 e. The van der Waals surface area contributed by atoms with Gasteiger partial charge in [0, 0.05) is 5.02 Å². The quantitative estimate of drug-likeness (QED) is 0.801. The van der Waals surface area contributed by atoms with E-state index >= 15 is 0 Å². The number of halogens is 1. The summed E-state index contributed by atoms with van der Waals surface area (Å²) in [6, 6.07) is 9.15. The Kier molecular flexibility index (Phi) is 4.23. The van der Waals surface area contributed by atoms with Crippen LogP contribution in [0.25, 0.3) is 0 Å². The van der Waals surface area contributed by atoms with E-state index in [1.807, 2.05) is 18.2 Å². The molecule has 0 saturated heterocycles. The Morgan fingerprint density at radius 2 is 2.22 bits per heavy atom. The van der Waals surface area contributed by atoms with Crippen molar-refractivity contribution < 1.29 is 14.3 Å². The first-order chi connectivity index (χ1) is 8.70. The Balaban J connectivity index is 2.07. The molecule has 0 atom stereocenters. The molecule has 0 radical (unpaired) electrons. The normalized spacial score (nSPS) is 10.1. The fraction of sp³-hybridized carbons (Fsp3) is 0.154. The van der Waals surface area contributed by atoms with Gasteiger partial charge in [0.15, 0.2) is 4.88 Å². The van der Waals surface area contributed by atoms with Crippen LogP contribution in [0.5, 0.6) is 5.75 Å². The minimum Gasteiger partial charge on any atom is -0.487 e. The summed E-state index contributed by atoms with van der Waals surface area (Å²) in [6.07, 6.45) is 0. The van der Waals surface area contributed by atoms with Crippen molar-refractivity contribution in [1.29, 1.82) is 0 Å². The molecule has 0 fully saturated rings. The molecule has 3 nitrogen and oxygen atoms in total. The smallest absolute Gasteiger partial charge is 0.351 e. The van der Waals surface area contributed by atoms with E-state index in [0.29, 0.717) is 22.3 Å². The van der Waals surface area contributed by atoms with Crippen LogP contribution in [-0.4, -0.2) is 13.1 Å². The molecule has 1 aromatic carbocycles. The van der Waals surface area contributed by atoms with Crippen molar-refractivity contribution >= 4 is 28.9 Å². The number of benzene rings is 1. The molecule has 0 aliphatic heterocycles. The molecule has 94 valence electrons. The summed E-state index contributed by atoms with van der Waals surface area (Å²) in [7, 11) is 1.35. The van der Waals surface area contributed by atoms with Gasteiger partial charge >= 0.3 is 5.97 Å². The van der Waals surface area contributed by atoms with Gasteiger partial charge in [0.1, 0.15) is 12.4 Å². The van der Waals surface area contributed by atoms with Gasteiger partial charge in [-0.3, -0.25) is 0 Å². The van der Waals surface area contributed by atoms with Crippen molar-refractivity contribution in [3.8, 4) is 5.75 Å². The summed E-state index contributed by atoms with van der Waals surface area (Å²) in [5.41, 5.74) is 0.949. The summed E-state index contributed by atoms with van der Waals surface area (Å²) in [4.78, 5) is 11.9. The predicted octanol–water partition coefficient (Wildman–Crippen LogP) is 3.77. The lowest BCUT2D eigenvalue weighted by molar-refractivity contribution is 0.0601. The fourth-order valence-corrected chi connectivity index (χ4v) is 2.40. The molecule has 0 bridgehead atoms. The van der Waals surface area contributed by atoms with Gasteiger partial charge in [-0.2, -0.15) is 0 Å². The zero-order valence-electron chi connectivity index (χ0n) is 9.68. The molecule has 1 heterocycles. The van der Waals surface area contributed by atoms with Crippen LogP contribution in [0.3, 0.4) is 0 Å². The number of carbonyl (C=O) groups is 1. The minimum absolute atomic E-state index is 0.362. The van der Waals surface area contributed by atoms with Crippen molar-refractivity contribution in [2.24, 2.45) is 0 Å². The van der Waals surface area contributed by atoms with Crippen LogP contribution in [-0.2, 0) is 11.3 Å². The highest BCUT2D eigenvalue weighted by Crippen LogP contribution is 2.26. The topological polar surface area (TPSA) is 35.5 Å². The van der Waals surface area contributed by atoms with Gasteiger partial charge in [-0.05, 0) is 29.1 Å². The Bertz CT molecular complexity index is 551. The summed E-state index contributed by atoms with van der Waals surface area (Å²) >= 11 is 7.18. The maximum Gasteiger partial charge on any atom is 0.351 e. The second-order valence-electron chi connectivity index (χ2n) is 3.52. The molecular formula is C13H11ClO3S. The minimum atomic E-state index is -0.383. The lowest BCUT2D eigenvalue weighted by Crippen LogP contribution is -2.02. The lowest BCUT2D eigenvalue weighted by Gasteiger charge is -2.06. The van der Waals surface area contributed by atoms with E-state index in [9.17, 15) is 4.79 Å². The third-order valence-corrected chi connectivity index (χ3v) is 3.39. The van der Waals surface area contributed by atoms with Crippen molar-refractivity contribution in [2.75, 3.05) is 7.11 Å². The standard InChI is InChI=1S/C13H11ClO3S/c1-16-13(15)12-11(5-6-18-12)17-8-9-3-2-4-10(14)7-9/h2-7H,8H2,1H3. The molecule has 0 aliphatic rings. The second-order valence-corrected chi connectivity index (χ2v) is 4.88. The first-order valence-corrected chi connectivity index (χ1v) is 6.49. The van der Waals surface area contributed by atoms with Crippen LogP contribution in [0.1, 0.15) is 15.2 Å². The van der Waals surface area contributed by atoms with E-state index in [0.717, 1.165) is 5.56 Å². The lowest BCUT2D eigenvalue weighted by atomic mass is 10.2. The molecule has 0 amide bonds. The van der Waals surface area contributed by atoms with Gasteiger partial charge in [-0.15, -0.1) is 11.3 Å². The van der Waals surface area contributed by atoms with Crippen LogP contribution in [0.2, 0.25) is 5.02 Å². The molecule has 0 spiro atoms. The predicted molar refractivity (Wildman–Crippen MR) is 71.4 cm³/mol. The fourth-order valence-electron chi connectivity index (χ4n) is 1.44. The third-order valence-electron chi connectivity index (χ3n) is 2.28. The molecule has 0 saturated carbocycles. The summed E-state index contributed by atoms with van der Waals surface area (Å²) < 4.78 is 10.3. The average Bonchev–Trinajstić information content (AvgIpc) is 2.84. The third kappa shape index (κ3) is 3.03. The molecule has 1 aromatic heterocycles. The van der Waals surface area contributed by atoms with Crippen LogP contribution < -0.4 is 4.74 Å². The molecular weight excluding hydrogens is 272 g/mol. The SMILES string of the molecule is COC(=O)c1sccc1OCc1cccc(Cl)c1. The molecule has 18 heavy (non-hydrogen) atoms. The maximum atomic E-state index is 11.4. The molecule has 5 heteroatoms. The second kappa shape index (κ2) is 5.89. The highest BCUT2D eigenvalue weighted by molar-refractivity contribution is 7.12. The zero-order chi connectivity index (χ0) is 13.0. The number of hydrogen-bond acceptors (Lipinski definition) is 4. The van der Waals surface area contributed by atoms with Gasteiger partial charge < -0.3 is 9.47 Å². The van der Waals surface area contributed by atoms with E-state index in [1.54, 1.807) is 17.5 Å². The Labute approximate surface area is 114 Å². The number of thiophene rings is 1. The summed E-state index contributed by atoms with van der Waals surface area (Å²) in [5.74, 6) is 0.151. The monoisotopic (exact) mass is 282 g/mol. The van der Waals surface area contributed by atoms with E-state index in [1.165, 1.54) is 18.4 Å². The van der Waals surface area contributed by atoms with Crippen LogP contribution in [0, 0.1) is 0 Å². The van der Waals surface area contributed by atoms with Crippen molar-refractivity contribution in [3.05, 3.63) is 51.2 Å².